The van der Waals surface area contributed by atoms with Gasteiger partial charge in [0, 0.05) is 0 Å². The monoisotopic (exact) mass is 554 g/mol. The first-order valence-electron chi connectivity index (χ1n) is 15.3. The molecule has 0 N–H and O–H groups in total. The van der Waals surface area contributed by atoms with Gasteiger partial charge in [-0.1, -0.05) is 177 Å². The molecule has 6 aromatic rings. The fourth-order valence-corrected chi connectivity index (χ4v) is 7.10. The fraction of sp³-hybridized carbons (Fsp3) is 0.143. The summed E-state index contributed by atoms with van der Waals surface area (Å²) in [4.78, 5) is 0. The predicted molar refractivity (Wildman–Crippen MR) is 189 cm³/mol. The Labute approximate surface area is 258 Å². The summed E-state index contributed by atoms with van der Waals surface area (Å²) in [6.07, 6.45) is 0. The third-order valence-electron chi connectivity index (χ3n) is 8.83. The number of hydrogen-bond acceptors (Lipinski definition) is 0. The lowest BCUT2D eigenvalue weighted by Gasteiger charge is -2.27. The number of aryl methyl sites for hydroxylation is 6. The summed E-state index contributed by atoms with van der Waals surface area (Å²) >= 11 is 0. The minimum absolute atomic E-state index is 0.0914. The molecule has 0 saturated heterocycles. The Kier molecular flexibility index (Phi) is 7.91. The van der Waals surface area contributed by atoms with Crippen LogP contribution in [0.1, 0.15) is 33.4 Å². The lowest BCUT2D eigenvalue weighted by Crippen LogP contribution is -2.56. The zero-order valence-electron chi connectivity index (χ0n) is 26.2. The summed E-state index contributed by atoms with van der Waals surface area (Å²) < 4.78 is 0. The Bertz CT molecular complexity index is 1790. The Balaban J connectivity index is 1.64. The van der Waals surface area contributed by atoms with Gasteiger partial charge in [0.15, 0.2) is 0 Å². The summed E-state index contributed by atoms with van der Waals surface area (Å²) in [6.45, 7) is 13.7. The van der Waals surface area contributed by atoms with Crippen molar-refractivity contribution < 1.29 is 0 Å². The van der Waals surface area contributed by atoms with Crippen LogP contribution < -0.4 is 16.4 Å². The van der Waals surface area contributed by atoms with Gasteiger partial charge in [0.1, 0.15) is 0 Å². The van der Waals surface area contributed by atoms with E-state index in [1.165, 1.54) is 83.1 Å². The molecule has 0 aliphatic heterocycles. The van der Waals surface area contributed by atoms with Crippen LogP contribution in [0.4, 0.5) is 0 Å². The van der Waals surface area contributed by atoms with E-state index >= 15 is 0 Å². The van der Waals surface area contributed by atoms with Gasteiger partial charge in [0.05, 0.1) is 0 Å². The second-order valence-corrected chi connectivity index (χ2v) is 12.2. The van der Waals surface area contributed by atoms with Crippen LogP contribution in [0.25, 0.3) is 33.4 Å². The highest BCUT2D eigenvalue weighted by atomic mass is 14.2. The topological polar surface area (TPSA) is 0 Å². The van der Waals surface area contributed by atoms with Crippen LogP contribution in [-0.2, 0) is 0 Å². The van der Waals surface area contributed by atoms with Crippen LogP contribution >= 0.6 is 0 Å². The molecule has 0 spiro atoms. The van der Waals surface area contributed by atoms with E-state index in [-0.39, 0.29) is 6.71 Å². The maximum Gasteiger partial charge on any atom is 0.243 e. The Morgan fingerprint density at radius 3 is 1.19 bits per heavy atom. The van der Waals surface area contributed by atoms with Gasteiger partial charge < -0.3 is 0 Å². The molecule has 0 aliphatic carbocycles. The first-order chi connectivity index (χ1) is 20.8. The van der Waals surface area contributed by atoms with Crippen molar-refractivity contribution in [1.29, 1.82) is 0 Å². The van der Waals surface area contributed by atoms with Crippen molar-refractivity contribution in [3.05, 3.63) is 161 Å². The molecule has 0 fully saturated rings. The van der Waals surface area contributed by atoms with Gasteiger partial charge in [0.2, 0.25) is 6.71 Å². The van der Waals surface area contributed by atoms with Crippen LogP contribution in [0, 0.1) is 41.5 Å². The second-order valence-electron chi connectivity index (χ2n) is 12.2. The molecule has 0 nitrogen and oxygen atoms in total. The molecule has 210 valence electrons. The Morgan fingerprint density at radius 2 is 0.721 bits per heavy atom. The molecule has 6 aromatic carbocycles. The minimum atomic E-state index is 0.0914. The Hall–Kier alpha value is -4.62. The summed E-state index contributed by atoms with van der Waals surface area (Å²) in [6, 6.07) is 47.0. The van der Waals surface area contributed by atoms with Crippen LogP contribution in [0.15, 0.2) is 127 Å². The normalized spacial score (nSPS) is 11.0. The zero-order chi connectivity index (χ0) is 30.1. The molecule has 0 bridgehead atoms. The first-order valence-corrected chi connectivity index (χ1v) is 15.3. The van der Waals surface area contributed by atoms with Crippen molar-refractivity contribution >= 4 is 23.1 Å². The lowest BCUT2D eigenvalue weighted by molar-refractivity contribution is 1.34. The number of hydrogen-bond donors (Lipinski definition) is 0. The highest BCUT2D eigenvalue weighted by molar-refractivity contribution is 6.97. The van der Waals surface area contributed by atoms with E-state index in [1.807, 2.05) is 0 Å². The quantitative estimate of drug-likeness (QED) is 0.180. The highest BCUT2D eigenvalue weighted by Gasteiger charge is 2.31. The Morgan fingerprint density at radius 1 is 0.349 bits per heavy atom. The van der Waals surface area contributed by atoms with Crippen molar-refractivity contribution in [2.75, 3.05) is 0 Å². The summed E-state index contributed by atoms with van der Waals surface area (Å²) in [7, 11) is 0. The van der Waals surface area contributed by atoms with Crippen molar-refractivity contribution in [2.24, 2.45) is 0 Å². The van der Waals surface area contributed by atoms with E-state index in [0.717, 1.165) is 0 Å². The second kappa shape index (κ2) is 11.9. The van der Waals surface area contributed by atoms with Gasteiger partial charge in [0.25, 0.3) is 0 Å². The van der Waals surface area contributed by atoms with Gasteiger partial charge in [-0.2, -0.15) is 0 Å². The molecule has 0 saturated carbocycles. The van der Waals surface area contributed by atoms with Crippen molar-refractivity contribution in [1.82, 2.24) is 0 Å². The largest absolute Gasteiger partial charge is 0.243 e. The van der Waals surface area contributed by atoms with Crippen LogP contribution in [0.3, 0.4) is 0 Å². The van der Waals surface area contributed by atoms with E-state index in [4.69, 9.17) is 0 Å². The standard InChI is InChI=1S/C42H39B/c1-28-23-30(3)41(31(4)24-28)43(42-32(5)25-29(2)26-33(42)6)40-27-38(35-15-11-8-12-16-35)21-22-39(40)37-19-17-36(18-20-37)34-13-9-7-10-14-34/h7-27H,1-6H3. The molecular formula is C42H39B. The smallest absolute Gasteiger partial charge is 0.0629 e. The predicted octanol–water partition coefficient (Wildman–Crippen LogP) is 9.05. The zero-order valence-corrected chi connectivity index (χ0v) is 26.2. The lowest BCUT2D eigenvalue weighted by atomic mass is 9.33. The van der Waals surface area contributed by atoms with Crippen molar-refractivity contribution in [3.63, 3.8) is 0 Å². The molecule has 0 aliphatic rings. The number of benzene rings is 6. The molecular weight excluding hydrogens is 515 g/mol. The first kappa shape index (κ1) is 28.5. The van der Waals surface area contributed by atoms with E-state index in [0.29, 0.717) is 0 Å². The van der Waals surface area contributed by atoms with Crippen LogP contribution in [0.5, 0.6) is 0 Å². The molecule has 0 unspecified atom stereocenters. The van der Waals surface area contributed by atoms with Gasteiger partial charge >= 0.3 is 0 Å². The third kappa shape index (κ3) is 5.73. The van der Waals surface area contributed by atoms with Crippen molar-refractivity contribution in [2.45, 2.75) is 41.5 Å². The third-order valence-corrected chi connectivity index (χ3v) is 8.83. The van der Waals surface area contributed by atoms with E-state index in [2.05, 4.69) is 169 Å². The maximum atomic E-state index is 2.46. The molecule has 0 atom stereocenters. The molecule has 0 amide bonds. The molecule has 0 aromatic heterocycles. The van der Waals surface area contributed by atoms with Crippen LogP contribution in [0.2, 0.25) is 0 Å². The van der Waals surface area contributed by atoms with E-state index in [9.17, 15) is 0 Å². The molecule has 0 heterocycles. The summed E-state index contributed by atoms with van der Waals surface area (Å²) in [5.41, 5.74) is 19.6. The average molecular weight is 555 g/mol. The van der Waals surface area contributed by atoms with Gasteiger partial charge in [-0.05, 0) is 74.9 Å². The fourth-order valence-electron chi connectivity index (χ4n) is 7.10. The molecule has 6 rings (SSSR count). The summed E-state index contributed by atoms with van der Waals surface area (Å²) in [5, 5.41) is 0. The molecule has 43 heavy (non-hydrogen) atoms. The van der Waals surface area contributed by atoms with Crippen LogP contribution in [-0.4, -0.2) is 6.71 Å². The number of rotatable bonds is 6. The molecule has 0 radical (unpaired) electrons. The minimum Gasteiger partial charge on any atom is -0.0629 e. The average Bonchev–Trinajstić information content (AvgIpc) is 3.00. The highest BCUT2D eigenvalue weighted by Crippen LogP contribution is 2.28. The van der Waals surface area contributed by atoms with E-state index in [1.54, 1.807) is 0 Å². The SMILES string of the molecule is Cc1cc(C)c(B(c2cc(-c3ccccc3)ccc2-c2ccc(-c3ccccc3)cc2)c2c(C)cc(C)cc2C)c(C)c1. The van der Waals surface area contributed by atoms with Gasteiger partial charge in [-0.3, -0.25) is 0 Å². The van der Waals surface area contributed by atoms with Gasteiger partial charge in [-0.15, -0.1) is 0 Å². The molecule has 1 heteroatoms. The summed E-state index contributed by atoms with van der Waals surface area (Å²) in [5.74, 6) is 0. The van der Waals surface area contributed by atoms with Crippen molar-refractivity contribution in [3.8, 4) is 33.4 Å². The van der Waals surface area contributed by atoms with E-state index < -0.39 is 0 Å². The van der Waals surface area contributed by atoms with Gasteiger partial charge in [-0.25, -0.2) is 0 Å². The maximum absolute atomic E-state index is 2.46.